The first-order valence-electron chi connectivity index (χ1n) is 9.46. The van der Waals surface area contributed by atoms with Crippen LogP contribution in [0.5, 0.6) is 5.75 Å². The third-order valence-electron chi connectivity index (χ3n) is 4.95. The zero-order chi connectivity index (χ0) is 19.3. The molecule has 1 aliphatic carbocycles. The Balaban J connectivity index is 0.00000240. The summed E-state index contributed by atoms with van der Waals surface area (Å²) in [4.78, 5) is 4.42. The van der Waals surface area contributed by atoms with Gasteiger partial charge in [0.05, 0.1) is 25.5 Å². The number of hydrogen-bond donors (Lipinski definition) is 2. The maximum atomic E-state index is 6.11. The molecular formula is C21H25IN6O. The van der Waals surface area contributed by atoms with Crippen molar-refractivity contribution in [1.82, 2.24) is 15.0 Å². The Morgan fingerprint density at radius 3 is 2.76 bits per heavy atom. The topological polar surface area (TPSA) is 90.3 Å². The van der Waals surface area contributed by atoms with E-state index in [1.165, 1.54) is 24.0 Å². The van der Waals surface area contributed by atoms with Crippen molar-refractivity contribution in [3.05, 3.63) is 65.5 Å². The van der Waals surface area contributed by atoms with Crippen LogP contribution in [0.3, 0.4) is 0 Å². The lowest BCUT2D eigenvalue weighted by Gasteiger charge is -2.19. The number of nitrogens with two attached hydrogens (primary N) is 1. The fraction of sp³-hybridized carbons (Fsp3) is 0.286. The Labute approximate surface area is 187 Å². The number of anilines is 1. The van der Waals surface area contributed by atoms with Crippen molar-refractivity contribution >= 4 is 35.6 Å². The molecule has 0 aliphatic heterocycles. The number of methoxy groups -OCH3 is 1. The molecule has 0 spiro atoms. The maximum absolute atomic E-state index is 6.11. The summed E-state index contributed by atoms with van der Waals surface area (Å²) in [5.74, 6) is 1.19. The van der Waals surface area contributed by atoms with Crippen LogP contribution in [-0.2, 0) is 19.4 Å². The van der Waals surface area contributed by atoms with Gasteiger partial charge in [-0.15, -0.1) is 29.1 Å². The molecule has 0 fully saturated rings. The van der Waals surface area contributed by atoms with E-state index < -0.39 is 0 Å². The van der Waals surface area contributed by atoms with E-state index >= 15 is 0 Å². The molecule has 0 bridgehead atoms. The molecule has 0 saturated carbocycles. The van der Waals surface area contributed by atoms with Gasteiger partial charge in [0.2, 0.25) is 0 Å². The van der Waals surface area contributed by atoms with Crippen LogP contribution in [0.4, 0.5) is 5.69 Å². The second-order valence-corrected chi connectivity index (χ2v) is 6.83. The van der Waals surface area contributed by atoms with Gasteiger partial charge in [0.25, 0.3) is 0 Å². The zero-order valence-corrected chi connectivity index (χ0v) is 18.7. The maximum Gasteiger partial charge on any atom is 0.193 e. The van der Waals surface area contributed by atoms with Gasteiger partial charge in [0.1, 0.15) is 11.4 Å². The Bertz CT molecular complexity index is 983. The average Bonchev–Trinajstić information content (AvgIpc) is 3.22. The highest BCUT2D eigenvalue weighted by atomic mass is 127. The molecule has 3 aromatic rings. The number of aryl methyl sites for hydroxylation is 1. The van der Waals surface area contributed by atoms with E-state index in [1.54, 1.807) is 11.8 Å². The number of benzene rings is 2. The van der Waals surface area contributed by atoms with Crippen molar-refractivity contribution in [3.63, 3.8) is 0 Å². The Hall–Kier alpha value is -2.62. The molecule has 152 valence electrons. The third-order valence-corrected chi connectivity index (χ3v) is 4.95. The van der Waals surface area contributed by atoms with E-state index in [4.69, 9.17) is 10.5 Å². The van der Waals surface area contributed by atoms with Gasteiger partial charge < -0.3 is 15.8 Å². The molecule has 4 rings (SSSR count). The van der Waals surface area contributed by atoms with Gasteiger partial charge in [-0.05, 0) is 67.1 Å². The molecule has 0 amide bonds. The van der Waals surface area contributed by atoms with E-state index in [0.29, 0.717) is 12.5 Å². The molecule has 3 N–H and O–H groups in total. The van der Waals surface area contributed by atoms with Crippen LogP contribution in [0, 0.1) is 0 Å². The average molecular weight is 504 g/mol. The van der Waals surface area contributed by atoms with Crippen LogP contribution < -0.4 is 15.8 Å². The quantitative estimate of drug-likeness (QED) is 0.314. The van der Waals surface area contributed by atoms with Crippen molar-refractivity contribution in [2.45, 2.75) is 32.2 Å². The number of rotatable bonds is 5. The second-order valence-electron chi connectivity index (χ2n) is 6.83. The van der Waals surface area contributed by atoms with Crippen molar-refractivity contribution in [2.24, 2.45) is 10.7 Å². The summed E-state index contributed by atoms with van der Waals surface area (Å²) in [7, 11) is 1.64. The van der Waals surface area contributed by atoms with Crippen LogP contribution in [-0.4, -0.2) is 28.1 Å². The molecule has 1 aromatic heterocycles. The molecule has 0 radical (unpaired) electrons. The van der Waals surface area contributed by atoms with Crippen molar-refractivity contribution < 1.29 is 4.74 Å². The first-order chi connectivity index (χ1) is 13.7. The summed E-state index contributed by atoms with van der Waals surface area (Å²) in [5, 5.41) is 11.6. The summed E-state index contributed by atoms with van der Waals surface area (Å²) in [6.07, 6.45) is 6.54. The van der Waals surface area contributed by atoms with Crippen LogP contribution in [0.2, 0.25) is 0 Å². The number of hydrogen-bond acceptors (Lipinski definition) is 4. The van der Waals surface area contributed by atoms with E-state index in [9.17, 15) is 0 Å². The largest absolute Gasteiger partial charge is 0.497 e. The number of aromatic nitrogens is 3. The second kappa shape index (κ2) is 9.73. The molecule has 7 nitrogen and oxygen atoms in total. The van der Waals surface area contributed by atoms with Gasteiger partial charge in [0, 0.05) is 5.69 Å². The molecule has 29 heavy (non-hydrogen) atoms. The smallest absolute Gasteiger partial charge is 0.193 e. The van der Waals surface area contributed by atoms with Crippen LogP contribution in [0.15, 0.2) is 53.7 Å². The summed E-state index contributed by atoms with van der Waals surface area (Å²) in [6, 6.07) is 14.0. The molecule has 1 heterocycles. The normalized spacial score (nSPS) is 13.3. The molecule has 2 aromatic carbocycles. The van der Waals surface area contributed by atoms with Gasteiger partial charge in [-0.1, -0.05) is 17.3 Å². The van der Waals surface area contributed by atoms with E-state index in [0.717, 1.165) is 35.7 Å². The van der Waals surface area contributed by atoms with Gasteiger partial charge in [-0.25, -0.2) is 9.67 Å². The molecule has 0 unspecified atom stereocenters. The number of halogens is 1. The minimum absolute atomic E-state index is 0. The summed E-state index contributed by atoms with van der Waals surface area (Å²) >= 11 is 0. The first kappa shape index (κ1) is 21.1. The van der Waals surface area contributed by atoms with Crippen LogP contribution in [0.1, 0.15) is 29.7 Å². The number of nitrogens with zero attached hydrogens (tertiary/aromatic N) is 4. The molecule has 1 aliphatic rings. The van der Waals surface area contributed by atoms with Crippen LogP contribution >= 0.6 is 24.0 Å². The van der Waals surface area contributed by atoms with Crippen molar-refractivity contribution in [2.75, 3.05) is 12.4 Å². The van der Waals surface area contributed by atoms with Gasteiger partial charge in [-0.3, -0.25) is 0 Å². The fourth-order valence-electron chi connectivity index (χ4n) is 3.47. The van der Waals surface area contributed by atoms with E-state index in [2.05, 4.69) is 38.8 Å². The lowest BCUT2D eigenvalue weighted by atomic mass is 9.90. The highest BCUT2D eigenvalue weighted by molar-refractivity contribution is 14.0. The predicted octanol–water partition coefficient (Wildman–Crippen LogP) is 3.70. The van der Waals surface area contributed by atoms with Crippen LogP contribution in [0.25, 0.3) is 5.69 Å². The number of ether oxygens (including phenoxy) is 1. The van der Waals surface area contributed by atoms with E-state index in [-0.39, 0.29) is 24.0 Å². The number of aliphatic imine (C=N–C) groups is 1. The Morgan fingerprint density at radius 1 is 1.17 bits per heavy atom. The van der Waals surface area contributed by atoms with Gasteiger partial charge >= 0.3 is 0 Å². The Kier molecular flexibility index (Phi) is 7.08. The molecule has 0 saturated heterocycles. The zero-order valence-electron chi connectivity index (χ0n) is 16.3. The van der Waals surface area contributed by atoms with Crippen molar-refractivity contribution in [3.8, 4) is 11.4 Å². The summed E-state index contributed by atoms with van der Waals surface area (Å²) in [6.45, 7) is 0.365. The first-order valence-corrected chi connectivity index (χ1v) is 9.46. The highest BCUT2D eigenvalue weighted by Gasteiger charge is 2.13. The van der Waals surface area contributed by atoms with Gasteiger partial charge in [0.15, 0.2) is 5.96 Å². The number of fused-ring (bicyclic) bond motifs is 1. The number of guanidine groups is 1. The lowest BCUT2D eigenvalue weighted by molar-refractivity contribution is 0.414. The number of nitrogens with one attached hydrogen (secondary N) is 1. The molecule has 8 heteroatoms. The Morgan fingerprint density at radius 2 is 1.97 bits per heavy atom. The monoisotopic (exact) mass is 504 g/mol. The molecule has 0 atom stereocenters. The minimum atomic E-state index is 0. The molecular weight excluding hydrogens is 479 g/mol. The lowest BCUT2D eigenvalue weighted by Crippen LogP contribution is -2.24. The SMILES string of the molecule is COc1ccc(-n2cc(CN=C(N)Nc3cccc4c3CCCC4)nn2)cc1.I. The standard InChI is InChI=1S/C21H24N6O.HI/c1-28-18-11-9-17(10-12-18)27-14-16(25-26-27)13-23-21(22)24-20-8-4-6-15-5-2-3-7-19(15)20;/h4,6,8-12,14H,2-3,5,7,13H2,1H3,(H3,22,23,24);1H. The van der Waals surface area contributed by atoms with Gasteiger partial charge in [-0.2, -0.15) is 0 Å². The predicted molar refractivity (Wildman–Crippen MR) is 125 cm³/mol. The summed E-state index contributed by atoms with van der Waals surface area (Å²) < 4.78 is 6.88. The van der Waals surface area contributed by atoms with Crippen molar-refractivity contribution in [1.29, 1.82) is 0 Å². The summed E-state index contributed by atoms with van der Waals surface area (Å²) in [5.41, 5.74) is 11.6. The minimum Gasteiger partial charge on any atom is -0.497 e. The van der Waals surface area contributed by atoms with E-state index in [1.807, 2.05) is 30.5 Å². The third kappa shape index (κ3) is 5.06. The highest BCUT2D eigenvalue weighted by Crippen LogP contribution is 2.27. The fourth-order valence-corrected chi connectivity index (χ4v) is 3.47.